The van der Waals surface area contributed by atoms with Crippen molar-refractivity contribution in [1.29, 1.82) is 0 Å². The average molecular weight is 515 g/mol. The smallest absolute Gasteiger partial charge is 0.229 e. The van der Waals surface area contributed by atoms with Crippen molar-refractivity contribution in [2.45, 2.75) is 45.4 Å². The molecule has 9 nitrogen and oxygen atoms in total. The highest BCUT2D eigenvalue weighted by Gasteiger charge is 2.36. The van der Waals surface area contributed by atoms with Crippen molar-refractivity contribution in [3.05, 3.63) is 60.3 Å². The Hall–Kier alpha value is -3.27. The number of hydrogen-bond acceptors (Lipinski definition) is 9. The van der Waals surface area contributed by atoms with Gasteiger partial charge < -0.3 is 15.1 Å². The van der Waals surface area contributed by atoms with Gasteiger partial charge in [0, 0.05) is 67.4 Å². The number of likely N-dealkylation sites (N-methyl/N-ethyl adjacent to an activating group) is 1. The van der Waals surface area contributed by atoms with Crippen LogP contribution in [0.5, 0.6) is 0 Å². The third-order valence-electron chi connectivity index (χ3n) is 8.06. The van der Waals surface area contributed by atoms with Gasteiger partial charge in [0.1, 0.15) is 12.8 Å². The molecule has 2 unspecified atom stereocenters. The number of hydrogen-bond donors (Lipinski definition) is 1. The summed E-state index contributed by atoms with van der Waals surface area (Å²) in [5, 5.41) is 7.35. The molecule has 0 radical (unpaired) electrons. The van der Waals surface area contributed by atoms with Gasteiger partial charge in [0.25, 0.3) is 0 Å². The number of piperazine rings is 1. The Morgan fingerprint density at radius 2 is 1.97 bits per heavy atom. The fraction of sp³-hybridized carbons (Fsp3) is 0.483. The SMILES string of the molecule is C=CCN1OCc2cnc(Nc3ccc(N4CCN(C)CC4)cc3)nc2N1C1CC=C2CCC(CC)C2=N1. The van der Waals surface area contributed by atoms with Crippen molar-refractivity contribution in [3.63, 3.8) is 0 Å². The molecule has 38 heavy (non-hydrogen) atoms. The van der Waals surface area contributed by atoms with Gasteiger partial charge in [-0.3, -0.25) is 9.83 Å². The topological polar surface area (TPSA) is 72.4 Å². The highest BCUT2D eigenvalue weighted by molar-refractivity contribution is 6.04. The van der Waals surface area contributed by atoms with Gasteiger partial charge in [-0.05, 0) is 56.1 Å². The van der Waals surface area contributed by atoms with Crippen molar-refractivity contribution >= 4 is 28.9 Å². The summed E-state index contributed by atoms with van der Waals surface area (Å²) >= 11 is 0. The molecule has 6 rings (SSSR count). The number of dihydropyridines is 1. The maximum atomic E-state index is 6.10. The van der Waals surface area contributed by atoms with E-state index in [1.54, 1.807) is 0 Å². The summed E-state index contributed by atoms with van der Waals surface area (Å²) in [4.78, 5) is 25.7. The number of hydrazine groups is 1. The van der Waals surface area contributed by atoms with Crippen molar-refractivity contribution in [2.75, 3.05) is 55.0 Å². The molecule has 4 heterocycles. The lowest BCUT2D eigenvalue weighted by Crippen LogP contribution is -2.52. The van der Waals surface area contributed by atoms with Crippen LogP contribution in [0.2, 0.25) is 0 Å². The first-order valence-corrected chi connectivity index (χ1v) is 13.9. The molecule has 3 aliphatic heterocycles. The Balaban J connectivity index is 1.24. The number of hydroxylamine groups is 1. The fourth-order valence-corrected chi connectivity index (χ4v) is 5.82. The molecule has 0 bridgehead atoms. The first-order chi connectivity index (χ1) is 18.6. The maximum absolute atomic E-state index is 6.10. The van der Waals surface area contributed by atoms with Gasteiger partial charge in [0.15, 0.2) is 5.82 Å². The van der Waals surface area contributed by atoms with Crippen LogP contribution < -0.4 is 15.2 Å². The number of fused-ring (bicyclic) bond motifs is 2. The van der Waals surface area contributed by atoms with Gasteiger partial charge in [0.05, 0.1) is 6.54 Å². The van der Waals surface area contributed by atoms with E-state index in [9.17, 15) is 0 Å². The lowest BCUT2D eigenvalue weighted by Gasteiger charge is -2.42. The predicted octanol–water partition coefficient (Wildman–Crippen LogP) is 4.54. The molecule has 2 aromatic rings. The summed E-state index contributed by atoms with van der Waals surface area (Å²) < 4.78 is 0. The van der Waals surface area contributed by atoms with E-state index in [-0.39, 0.29) is 6.17 Å². The van der Waals surface area contributed by atoms with E-state index in [2.05, 4.69) is 76.0 Å². The summed E-state index contributed by atoms with van der Waals surface area (Å²) in [6, 6.07) is 8.55. The molecular formula is C29H38N8O. The normalized spacial score (nSPS) is 23.9. The van der Waals surface area contributed by atoms with Crippen LogP contribution in [0.1, 0.15) is 38.2 Å². The molecule has 1 aliphatic carbocycles. The summed E-state index contributed by atoms with van der Waals surface area (Å²) in [7, 11) is 2.18. The van der Waals surface area contributed by atoms with Crippen molar-refractivity contribution < 1.29 is 4.84 Å². The molecule has 2 atom stereocenters. The van der Waals surface area contributed by atoms with E-state index in [0.717, 1.165) is 62.5 Å². The van der Waals surface area contributed by atoms with Crippen molar-refractivity contribution in [3.8, 4) is 0 Å². The largest absolute Gasteiger partial charge is 0.369 e. The number of aliphatic imine (C=N–C) groups is 1. The monoisotopic (exact) mass is 514 g/mol. The second kappa shape index (κ2) is 10.8. The standard InChI is InChI=1S/C29H38N8O/c1-4-14-36-37(26-13-8-22-7-6-21(5-2)27(22)32-26)28-23(20-38-36)19-30-29(33-28)31-24-9-11-25(12-10-24)35-17-15-34(3)16-18-35/h4,8-12,19,21,26H,1,5-7,13-18,20H2,2-3H3,(H,30,31,33). The Bertz CT molecular complexity index is 1220. The zero-order chi connectivity index (χ0) is 26.1. The maximum Gasteiger partial charge on any atom is 0.229 e. The number of anilines is 4. The summed E-state index contributed by atoms with van der Waals surface area (Å²) in [6.07, 6.45) is 10.3. The van der Waals surface area contributed by atoms with Crippen molar-refractivity contribution in [1.82, 2.24) is 20.0 Å². The summed E-state index contributed by atoms with van der Waals surface area (Å²) in [5.74, 6) is 1.94. The lowest BCUT2D eigenvalue weighted by atomic mass is 9.99. The van der Waals surface area contributed by atoms with E-state index in [1.807, 2.05) is 17.4 Å². The van der Waals surface area contributed by atoms with E-state index in [0.29, 0.717) is 25.0 Å². The minimum atomic E-state index is -0.106. The Kier molecular flexibility index (Phi) is 7.14. The molecule has 9 heteroatoms. The van der Waals surface area contributed by atoms with E-state index < -0.39 is 0 Å². The highest BCUT2D eigenvalue weighted by atomic mass is 16.7. The molecule has 0 spiro atoms. The molecule has 1 saturated heterocycles. The Morgan fingerprint density at radius 3 is 2.74 bits per heavy atom. The van der Waals surface area contributed by atoms with E-state index in [1.165, 1.54) is 23.4 Å². The van der Waals surface area contributed by atoms with Crippen LogP contribution in [-0.4, -0.2) is 71.7 Å². The molecule has 1 aromatic heterocycles. The molecule has 4 aliphatic rings. The third kappa shape index (κ3) is 4.93. The minimum Gasteiger partial charge on any atom is -0.369 e. The van der Waals surface area contributed by atoms with Crippen LogP contribution in [0.15, 0.2) is 59.8 Å². The van der Waals surface area contributed by atoms with Crippen LogP contribution in [0.25, 0.3) is 0 Å². The van der Waals surface area contributed by atoms with Gasteiger partial charge >= 0.3 is 0 Å². The first-order valence-electron chi connectivity index (χ1n) is 13.9. The quantitative estimate of drug-likeness (QED) is 0.540. The minimum absolute atomic E-state index is 0.106. The lowest BCUT2D eigenvalue weighted by molar-refractivity contribution is -0.185. The second-order valence-electron chi connectivity index (χ2n) is 10.5. The fourth-order valence-electron chi connectivity index (χ4n) is 5.82. The van der Waals surface area contributed by atoms with Gasteiger partial charge in [-0.15, -0.1) is 6.58 Å². The molecule has 0 amide bonds. The van der Waals surface area contributed by atoms with Crippen LogP contribution >= 0.6 is 0 Å². The van der Waals surface area contributed by atoms with Gasteiger partial charge in [-0.1, -0.05) is 24.2 Å². The predicted molar refractivity (Wildman–Crippen MR) is 153 cm³/mol. The summed E-state index contributed by atoms with van der Waals surface area (Å²) in [5.41, 5.74) is 5.86. The molecule has 1 aromatic carbocycles. The summed E-state index contributed by atoms with van der Waals surface area (Å²) in [6.45, 7) is 11.5. The third-order valence-corrected chi connectivity index (χ3v) is 8.06. The van der Waals surface area contributed by atoms with E-state index >= 15 is 0 Å². The van der Waals surface area contributed by atoms with Crippen LogP contribution in [0.3, 0.4) is 0 Å². The number of rotatable bonds is 7. The molecule has 1 saturated carbocycles. The zero-order valence-corrected chi connectivity index (χ0v) is 22.5. The number of nitrogens with zero attached hydrogens (tertiary/aromatic N) is 7. The number of allylic oxidation sites excluding steroid dienone is 1. The molecule has 2 fully saturated rings. The first kappa shape index (κ1) is 25.0. The number of benzene rings is 1. The zero-order valence-electron chi connectivity index (χ0n) is 22.5. The Labute approximate surface area is 225 Å². The molecule has 200 valence electrons. The van der Waals surface area contributed by atoms with Crippen LogP contribution in [0.4, 0.5) is 23.1 Å². The Morgan fingerprint density at radius 1 is 1.16 bits per heavy atom. The average Bonchev–Trinajstić information content (AvgIpc) is 3.36. The van der Waals surface area contributed by atoms with Crippen molar-refractivity contribution in [2.24, 2.45) is 10.9 Å². The highest BCUT2D eigenvalue weighted by Crippen LogP contribution is 2.37. The molecule has 1 N–H and O–H groups in total. The number of aromatic nitrogens is 2. The van der Waals surface area contributed by atoms with Gasteiger partial charge in [-0.2, -0.15) is 4.98 Å². The van der Waals surface area contributed by atoms with Gasteiger partial charge in [-0.25, -0.2) is 9.99 Å². The number of nitrogens with one attached hydrogen (secondary N) is 1. The van der Waals surface area contributed by atoms with Gasteiger partial charge in [0.2, 0.25) is 5.95 Å². The molecular weight excluding hydrogens is 476 g/mol. The van der Waals surface area contributed by atoms with Crippen LogP contribution in [-0.2, 0) is 11.4 Å². The van der Waals surface area contributed by atoms with E-state index in [4.69, 9.17) is 14.8 Å². The second-order valence-corrected chi connectivity index (χ2v) is 10.5. The van der Waals surface area contributed by atoms with Crippen LogP contribution in [0, 0.1) is 5.92 Å².